The third kappa shape index (κ3) is 3.56. The monoisotopic (exact) mass is 279 g/mol. The van der Waals surface area contributed by atoms with Crippen LogP contribution in [-0.2, 0) is 11.3 Å². The lowest BCUT2D eigenvalue weighted by Gasteiger charge is -2.09. The minimum Gasteiger partial charge on any atom is -0.378 e. The quantitative estimate of drug-likeness (QED) is 0.903. The van der Waals surface area contributed by atoms with Gasteiger partial charge in [0.05, 0.1) is 12.3 Å². The van der Waals surface area contributed by atoms with Crippen molar-refractivity contribution in [2.24, 2.45) is 0 Å². The smallest absolute Gasteiger partial charge is 0.252 e. The summed E-state index contributed by atoms with van der Waals surface area (Å²) in [6.07, 6.45) is 0. The van der Waals surface area contributed by atoms with Gasteiger partial charge in [0, 0.05) is 23.9 Å². The van der Waals surface area contributed by atoms with Gasteiger partial charge in [-0.3, -0.25) is 9.78 Å². The van der Waals surface area contributed by atoms with E-state index in [4.69, 9.17) is 16.3 Å². The third-order valence-corrected chi connectivity index (χ3v) is 2.76. The molecule has 0 radical (unpaired) electrons. The maximum atomic E-state index is 11.5. The second-order valence-corrected chi connectivity index (χ2v) is 4.54. The van der Waals surface area contributed by atoms with Crippen LogP contribution >= 0.6 is 11.6 Å². The zero-order valence-electron chi connectivity index (χ0n) is 10.7. The van der Waals surface area contributed by atoms with Crippen LogP contribution in [0.1, 0.15) is 11.3 Å². The van der Waals surface area contributed by atoms with E-state index in [9.17, 15) is 4.79 Å². The van der Waals surface area contributed by atoms with Crippen molar-refractivity contribution in [3.05, 3.63) is 50.9 Å². The molecule has 5 nitrogen and oxygen atoms in total. The average molecular weight is 280 g/mol. The van der Waals surface area contributed by atoms with Gasteiger partial charge in [-0.2, -0.15) is 0 Å². The molecule has 1 heterocycles. The number of anilines is 2. The van der Waals surface area contributed by atoms with Crippen LogP contribution in [-0.4, -0.2) is 17.1 Å². The minimum atomic E-state index is -0.226. The summed E-state index contributed by atoms with van der Waals surface area (Å²) in [6, 6.07) is 6.85. The number of halogens is 1. The van der Waals surface area contributed by atoms with Crippen molar-refractivity contribution in [1.82, 2.24) is 9.97 Å². The topological polar surface area (TPSA) is 67.0 Å². The van der Waals surface area contributed by atoms with E-state index in [1.54, 1.807) is 13.2 Å². The van der Waals surface area contributed by atoms with Crippen LogP contribution in [0.2, 0.25) is 5.02 Å². The van der Waals surface area contributed by atoms with Crippen LogP contribution in [0, 0.1) is 6.92 Å². The Morgan fingerprint density at radius 2 is 2.21 bits per heavy atom. The van der Waals surface area contributed by atoms with E-state index in [0.29, 0.717) is 16.7 Å². The average Bonchev–Trinajstić information content (AvgIpc) is 2.32. The summed E-state index contributed by atoms with van der Waals surface area (Å²) in [4.78, 5) is 18.4. The number of H-pyrrole nitrogens is 1. The molecule has 0 fully saturated rings. The molecule has 2 N–H and O–H groups in total. The number of methoxy groups -OCH3 is 1. The second kappa shape index (κ2) is 5.86. The fourth-order valence-corrected chi connectivity index (χ4v) is 1.91. The molecule has 1 aromatic heterocycles. The molecule has 0 aliphatic carbocycles. The summed E-state index contributed by atoms with van der Waals surface area (Å²) in [5, 5.41) is 3.72. The number of aromatic amines is 1. The molecule has 0 unspecified atom stereocenters. The highest BCUT2D eigenvalue weighted by Gasteiger charge is 2.04. The van der Waals surface area contributed by atoms with Crippen molar-refractivity contribution in [1.29, 1.82) is 0 Å². The molecule has 0 saturated heterocycles. The van der Waals surface area contributed by atoms with Crippen molar-refractivity contribution >= 4 is 23.2 Å². The lowest BCUT2D eigenvalue weighted by atomic mass is 10.2. The SMILES string of the molecule is COCc1cc(=O)[nH]c(Nc2ccc(Cl)cc2C)n1. The predicted molar refractivity (Wildman–Crippen MR) is 75.0 cm³/mol. The van der Waals surface area contributed by atoms with Crippen molar-refractivity contribution in [3.8, 4) is 0 Å². The number of aromatic nitrogens is 2. The lowest BCUT2D eigenvalue weighted by molar-refractivity contribution is 0.181. The first-order chi connectivity index (χ1) is 9.08. The van der Waals surface area contributed by atoms with E-state index in [1.807, 2.05) is 19.1 Å². The number of nitrogens with one attached hydrogen (secondary N) is 2. The lowest BCUT2D eigenvalue weighted by Crippen LogP contribution is -2.12. The number of aryl methyl sites for hydroxylation is 1. The third-order valence-electron chi connectivity index (χ3n) is 2.53. The Kier molecular flexibility index (Phi) is 4.19. The molecule has 0 saturated carbocycles. The van der Waals surface area contributed by atoms with Gasteiger partial charge in [0.25, 0.3) is 5.56 Å². The van der Waals surface area contributed by atoms with Crippen LogP contribution < -0.4 is 10.9 Å². The zero-order chi connectivity index (χ0) is 13.8. The summed E-state index contributed by atoms with van der Waals surface area (Å²) < 4.78 is 4.97. The number of nitrogens with zero attached hydrogens (tertiary/aromatic N) is 1. The van der Waals surface area contributed by atoms with Gasteiger partial charge in [0.1, 0.15) is 0 Å². The maximum Gasteiger partial charge on any atom is 0.252 e. The van der Waals surface area contributed by atoms with E-state index >= 15 is 0 Å². The Bertz CT molecular complexity index is 640. The standard InChI is InChI=1S/C13H14ClN3O2/c1-8-5-9(14)3-4-11(8)16-13-15-10(7-19-2)6-12(18)17-13/h3-6H,7H2,1-2H3,(H2,15,16,17,18). The largest absolute Gasteiger partial charge is 0.378 e. The highest BCUT2D eigenvalue weighted by molar-refractivity contribution is 6.30. The molecular weight excluding hydrogens is 266 g/mol. The summed E-state index contributed by atoms with van der Waals surface area (Å²) >= 11 is 5.89. The Morgan fingerprint density at radius 1 is 1.42 bits per heavy atom. The number of benzene rings is 1. The van der Waals surface area contributed by atoms with Crippen LogP contribution in [0.3, 0.4) is 0 Å². The molecule has 6 heteroatoms. The molecule has 2 aromatic rings. The Morgan fingerprint density at radius 3 is 2.89 bits per heavy atom. The van der Waals surface area contributed by atoms with E-state index < -0.39 is 0 Å². The van der Waals surface area contributed by atoms with E-state index in [-0.39, 0.29) is 12.2 Å². The Balaban J connectivity index is 2.30. The molecule has 0 bridgehead atoms. The number of hydrogen-bond donors (Lipinski definition) is 2. The van der Waals surface area contributed by atoms with E-state index in [1.165, 1.54) is 6.07 Å². The number of hydrogen-bond acceptors (Lipinski definition) is 4. The van der Waals surface area contributed by atoms with Gasteiger partial charge in [-0.05, 0) is 30.7 Å². The molecule has 0 atom stereocenters. The van der Waals surface area contributed by atoms with Crippen LogP contribution in [0.25, 0.3) is 0 Å². The van der Waals surface area contributed by atoms with Crippen LogP contribution in [0.4, 0.5) is 11.6 Å². The molecule has 0 aliphatic heterocycles. The van der Waals surface area contributed by atoms with Gasteiger partial charge in [0.2, 0.25) is 5.95 Å². The molecule has 19 heavy (non-hydrogen) atoms. The van der Waals surface area contributed by atoms with E-state index in [0.717, 1.165) is 11.3 Å². The first-order valence-electron chi connectivity index (χ1n) is 5.71. The van der Waals surface area contributed by atoms with E-state index in [2.05, 4.69) is 15.3 Å². The summed E-state index contributed by atoms with van der Waals surface area (Å²) in [6.45, 7) is 2.21. The van der Waals surface area contributed by atoms with Crippen molar-refractivity contribution in [2.45, 2.75) is 13.5 Å². The molecule has 2 rings (SSSR count). The van der Waals surface area contributed by atoms with Gasteiger partial charge < -0.3 is 10.1 Å². The molecular formula is C13H14ClN3O2. The maximum absolute atomic E-state index is 11.5. The summed E-state index contributed by atoms with van der Waals surface area (Å²) in [5.74, 6) is 0.380. The molecule has 0 amide bonds. The number of ether oxygens (including phenoxy) is 1. The van der Waals surface area contributed by atoms with Crippen molar-refractivity contribution < 1.29 is 4.74 Å². The predicted octanol–water partition coefficient (Wildman–Crippen LogP) is 2.62. The van der Waals surface area contributed by atoms with Crippen molar-refractivity contribution in [2.75, 3.05) is 12.4 Å². The highest BCUT2D eigenvalue weighted by Crippen LogP contribution is 2.21. The Labute approximate surface area is 115 Å². The zero-order valence-corrected chi connectivity index (χ0v) is 11.4. The Hall–Kier alpha value is -1.85. The molecule has 1 aromatic carbocycles. The van der Waals surface area contributed by atoms with Crippen LogP contribution in [0.5, 0.6) is 0 Å². The summed E-state index contributed by atoms with van der Waals surface area (Å²) in [5.41, 5.74) is 2.14. The van der Waals surface area contributed by atoms with Crippen LogP contribution in [0.15, 0.2) is 29.1 Å². The highest BCUT2D eigenvalue weighted by atomic mass is 35.5. The first kappa shape index (κ1) is 13.6. The second-order valence-electron chi connectivity index (χ2n) is 4.10. The van der Waals surface area contributed by atoms with Gasteiger partial charge in [-0.15, -0.1) is 0 Å². The fraction of sp³-hybridized carbons (Fsp3) is 0.231. The molecule has 0 aliphatic rings. The number of rotatable bonds is 4. The minimum absolute atomic E-state index is 0.226. The molecule has 0 spiro atoms. The van der Waals surface area contributed by atoms with Crippen molar-refractivity contribution in [3.63, 3.8) is 0 Å². The van der Waals surface area contributed by atoms with Gasteiger partial charge >= 0.3 is 0 Å². The molecule has 100 valence electrons. The normalized spacial score (nSPS) is 10.5. The summed E-state index contributed by atoms with van der Waals surface area (Å²) in [7, 11) is 1.55. The van der Waals surface area contributed by atoms with Gasteiger partial charge in [-0.1, -0.05) is 11.6 Å². The fourth-order valence-electron chi connectivity index (χ4n) is 1.68. The van der Waals surface area contributed by atoms with Gasteiger partial charge in [0.15, 0.2) is 0 Å². The first-order valence-corrected chi connectivity index (χ1v) is 6.08. The van der Waals surface area contributed by atoms with Gasteiger partial charge in [-0.25, -0.2) is 4.98 Å².